The van der Waals surface area contributed by atoms with Gasteiger partial charge in [-0.05, 0) is 23.1 Å². The molecule has 0 spiro atoms. The molecule has 0 aliphatic rings. The van der Waals surface area contributed by atoms with Gasteiger partial charge in [-0.25, -0.2) is 0 Å². The van der Waals surface area contributed by atoms with Gasteiger partial charge in [0.05, 0.1) is 8.07 Å². The fraction of sp³-hybridized carbons (Fsp3) is 0.400. The first-order chi connectivity index (χ1) is 10.1. The van der Waals surface area contributed by atoms with E-state index in [2.05, 4.69) is 77.7 Å². The molecule has 2 heteroatoms. The summed E-state index contributed by atoms with van der Waals surface area (Å²) < 4.78 is 6.48. The van der Waals surface area contributed by atoms with Crippen molar-refractivity contribution in [2.75, 3.05) is 0 Å². The molecule has 0 aliphatic carbocycles. The van der Waals surface area contributed by atoms with Crippen molar-refractivity contribution in [1.82, 2.24) is 0 Å². The van der Waals surface area contributed by atoms with Gasteiger partial charge in [-0.15, -0.1) is 0 Å². The zero-order chi connectivity index (χ0) is 16.3. The number of hydrogen-bond donors (Lipinski definition) is 0. The van der Waals surface area contributed by atoms with Crippen LogP contribution in [0.5, 0.6) is 0 Å². The number of para-hydroxylation sites is 1. The van der Waals surface area contributed by atoms with Crippen LogP contribution in [0, 0.1) is 6.92 Å². The predicted octanol–water partition coefficient (Wildman–Crippen LogP) is 5.74. The highest BCUT2D eigenvalue weighted by Crippen LogP contribution is 2.38. The third-order valence-corrected chi connectivity index (χ3v) is 6.44. The first-order valence-corrected chi connectivity index (χ1v) is 11.6. The smallest absolute Gasteiger partial charge is 0.139 e. The molecule has 0 unspecified atom stereocenters. The molecule has 2 aromatic carbocycles. The summed E-state index contributed by atoms with van der Waals surface area (Å²) in [5.74, 6) is 0. The summed E-state index contributed by atoms with van der Waals surface area (Å²) in [7, 11) is -1.43. The van der Waals surface area contributed by atoms with Crippen molar-refractivity contribution >= 4 is 35.2 Å². The van der Waals surface area contributed by atoms with Crippen LogP contribution in [0.25, 0.3) is 21.9 Å². The van der Waals surface area contributed by atoms with Crippen molar-refractivity contribution in [1.29, 1.82) is 0 Å². The van der Waals surface area contributed by atoms with E-state index in [0.29, 0.717) is 0 Å². The van der Waals surface area contributed by atoms with Gasteiger partial charge in [0.25, 0.3) is 0 Å². The molecule has 0 saturated heterocycles. The molecule has 3 rings (SSSR count). The molecule has 22 heavy (non-hydrogen) atoms. The number of hydrogen-bond acceptors (Lipinski definition) is 1. The minimum absolute atomic E-state index is 0.0802. The standard InChI is InChI=1S/C20H26OSi/c1-13-11-12-15-14-9-8-10-16(22(5,6)7)18(14)21-19(15)17(13)20(2,3)4/h8-12H,1-7H3. The summed E-state index contributed by atoms with van der Waals surface area (Å²) in [6.45, 7) is 16.1. The minimum atomic E-state index is -1.43. The lowest BCUT2D eigenvalue weighted by atomic mass is 9.83. The molecule has 0 aliphatic heterocycles. The van der Waals surface area contributed by atoms with E-state index in [4.69, 9.17) is 4.42 Å². The van der Waals surface area contributed by atoms with Crippen LogP contribution in [-0.2, 0) is 5.41 Å². The lowest BCUT2D eigenvalue weighted by molar-refractivity contribution is 0.569. The Balaban J connectivity index is 2.50. The van der Waals surface area contributed by atoms with Crippen molar-refractivity contribution in [2.24, 2.45) is 0 Å². The molecule has 0 saturated carbocycles. The van der Waals surface area contributed by atoms with Crippen LogP contribution in [0.3, 0.4) is 0 Å². The molecule has 0 N–H and O–H groups in total. The lowest BCUT2D eigenvalue weighted by Gasteiger charge is -2.21. The normalized spacial score (nSPS) is 13.2. The van der Waals surface area contributed by atoms with Gasteiger partial charge in [-0.3, -0.25) is 0 Å². The van der Waals surface area contributed by atoms with E-state index in [0.717, 1.165) is 11.2 Å². The second-order valence-electron chi connectivity index (χ2n) is 8.42. The Labute approximate surface area is 134 Å². The summed E-state index contributed by atoms with van der Waals surface area (Å²) >= 11 is 0. The van der Waals surface area contributed by atoms with Crippen molar-refractivity contribution in [2.45, 2.75) is 52.8 Å². The van der Waals surface area contributed by atoms with E-state index in [1.165, 1.54) is 27.1 Å². The highest BCUT2D eigenvalue weighted by molar-refractivity contribution is 6.90. The lowest BCUT2D eigenvalue weighted by Crippen LogP contribution is -2.37. The average Bonchev–Trinajstić information content (AvgIpc) is 2.73. The average molecular weight is 311 g/mol. The Hall–Kier alpha value is -1.54. The van der Waals surface area contributed by atoms with Crippen molar-refractivity contribution < 1.29 is 4.42 Å². The summed E-state index contributed by atoms with van der Waals surface area (Å²) in [6, 6.07) is 11.1. The second kappa shape index (κ2) is 4.72. The molecule has 1 nitrogen and oxygen atoms in total. The summed E-state index contributed by atoms with van der Waals surface area (Å²) in [5, 5.41) is 3.93. The Morgan fingerprint density at radius 2 is 1.50 bits per heavy atom. The molecule has 0 amide bonds. The number of fused-ring (bicyclic) bond motifs is 3. The van der Waals surface area contributed by atoms with Gasteiger partial charge in [0.15, 0.2) is 0 Å². The molecule has 0 bridgehead atoms. The van der Waals surface area contributed by atoms with Crippen LogP contribution in [0.1, 0.15) is 31.9 Å². The van der Waals surface area contributed by atoms with E-state index < -0.39 is 8.07 Å². The molecule has 0 radical (unpaired) electrons. The SMILES string of the molecule is Cc1ccc2c(oc3c([Si](C)(C)C)cccc32)c1C(C)(C)C. The largest absolute Gasteiger partial charge is 0.456 e. The maximum absolute atomic E-state index is 6.48. The van der Waals surface area contributed by atoms with Gasteiger partial charge < -0.3 is 4.42 Å². The molecule has 0 fully saturated rings. The zero-order valence-corrected chi connectivity index (χ0v) is 15.8. The quantitative estimate of drug-likeness (QED) is 0.523. The van der Waals surface area contributed by atoms with Crippen LogP contribution < -0.4 is 5.19 Å². The molecular formula is C20H26OSi. The number of aryl methyl sites for hydroxylation is 1. The third kappa shape index (κ3) is 2.30. The van der Waals surface area contributed by atoms with E-state index in [9.17, 15) is 0 Å². The maximum Gasteiger partial charge on any atom is 0.139 e. The zero-order valence-electron chi connectivity index (χ0n) is 14.8. The van der Waals surface area contributed by atoms with Gasteiger partial charge in [0, 0.05) is 16.3 Å². The Bertz CT molecular complexity index is 857. The van der Waals surface area contributed by atoms with Crippen molar-refractivity contribution in [3.8, 4) is 0 Å². The fourth-order valence-corrected chi connectivity index (χ4v) is 4.95. The van der Waals surface area contributed by atoms with E-state index in [1.807, 2.05) is 0 Å². The van der Waals surface area contributed by atoms with Crippen molar-refractivity contribution in [3.05, 3.63) is 41.5 Å². The number of rotatable bonds is 1. The number of furan rings is 1. The Morgan fingerprint density at radius 3 is 2.09 bits per heavy atom. The van der Waals surface area contributed by atoms with E-state index >= 15 is 0 Å². The monoisotopic (exact) mass is 310 g/mol. The van der Waals surface area contributed by atoms with Gasteiger partial charge >= 0.3 is 0 Å². The molecule has 1 aromatic heterocycles. The molecular weight excluding hydrogens is 284 g/mol. The van der Waals surface area contributed by atoms with Crippen LogP contribution in [-0.4, -0.2) is 8.07 Å². The highest BCUT2D eigenvalue weighted by atomic mass is 28.3. The van der Waals surface area contributed by atoms with Gasteiger partial charge in [-0.2, -0.15) is 0 Å². The van der Waals surface area contributed by atoms with Crippen LogP contribution >= 0.6 is 0 Å². The summed E-state index contributed by atoms with van der Waals surface area (Å²) in [4.78, 5) is 0. The van der Waals surface area contributed by atoms with Gasteiger partial charge in [0.2, 0.25) is 0 Å². The fourth-order valence-electron chi connectivity index (χ4n) is 3.48. The Kier molecular flexibility index (Phi) is 3.30. The predicted molar refractivity (Wildman–Crippen MR) is 100 cm³/mol. The molecule has 1 heterocycles. The minimum Gasteiger partial charge on any atom is -0.456 e. The van der Waals surface area contributed by atoms with Gasteiger partial charge in [-0.1, -0.05) is 70.7 Å². The first kappa shape index (κ1) is 15.4. The highest BCUT2D eigenvalue weighted by Gasteiger charge is 2.26. The topological polar surface area (TPSA) is 13.1 Å². The van der Waals surface area contributed by atoms with Crippen LogP contribution in [0.2, 0.25) is 19.6 Å². The van der Waals surface area contributed by atoms with Crippen molar-refractivity contribution in [3.63, 3.8) is 0 Å². The molecule has 0 atom stereocenters. The second-order valence-corrected chi connectivity index (χ2v) is 13.5. The van der Waals surface area contributed by atoms with Crippen LogP contribution in [0.15, 0.2) is 34.7 Å². The summed E-state index contributed by atoms with van der Waals surface area (Å²) in [5.41, 5.74) is 4.91. The van der Waals surface area contributed by atoms with Gasteiger partial charge in [0.1, 0.15) is 11.2 Å². The molecule has 3 aromatic rings. The number of benzene rings is 2. The Morgan fingerprint density at radius 1 is 0.864 bits per heavy atom. The first-order valence-electron chi connectivity index (χ1n) is 8.06. The van der Waals surface area contributed by atoms with E-state index in [1.54, 1.807) is 0 Å². The third-order valence-electron chi connectivity index (χ3n) is 4.43. The summed E-state index contributed by atoms with van der Waals surface area (Å²) in [6.07, 6.45) is 0. The van der Waals surface area contributed by atoms with Crippen LogP contribution in [0.4, 0.5) is 0 Å². The van der Waals surface area contributed by atoms with E-state index in [-0.39, 0.29) is 5.41 Å². The maximum atomic E-state index is 6.48. The molecule has 116 valence electrons.